The molecule has 0 unspecified atom stereocenters. The first-order chi connectivity index (χ1) is 19.9. The average molecular weight is 581 g/mol. The van der Waals surface area contributed by atoms with Crippen LogP contribution in [0.1, 0.15) is 18.4 Å². The van der Waals surface area contributed by atoms with E-state index in [1.165, 1.54) is 28.0 Å². The van der Waals surface area contributed by atoms with Gasteiger partial charge in [0.2, 0.25) is 0 Å². The Kier molecular flexibility index (Phi) is 11.4. The molecular weight excluding hydrogens is 542 g/mol. The highest BCUT2D eigenvalue weighted by atomic mass is 31.2. The molecule has 0 N–H and O–H groups in total. The van der Waals surface area contributed by atoms with E-state index in [1.807, 2.05) is 0 Å². The number of hydrogen-bond acceptors (Lipinski definition) is 3. The minimum atomic E-state index is -4.34. The van der Waals surface area contributed by atoms with Gasteiger partial charge >= 0.3 is 6.18 Å². The lowest BCUT2D eigenvalue weighted by atomic mass is 10.2. The zero-order valence-electron chi connectivity index (χ0n) is 23.5. The molecule has 0 aromatic heterocycles. The minimum absolute atomic E-state index is 0.291. The van der Waals surface area contributed by atoms with Crippen LogP contribution in [-0.2, 0) is 10.9 Å². The number of alkyl halides is 3. The zero-order valence-corrected chi connectivity index (χ0v) is 24.4. The third-order valence-electron chi connectivity index (χ3n) is 7.17. The molecular formula is C34H38F3NO2P+. The van der Waals surface area contributed by atoms with Crippen molar-refractivity contribution >= 4 is 23.2 Å². The molecule has 4 aromatic rings. The summed E-state index contributed by atoms with van der Waals surface area (Å²) in [5.41, 5.74) is -0.683. The fourth-order valence-electron chi connectivity index (χ4n) is 5.01. The quantitative estimate of drug-likeness (QED) is 0.114. The van der Waals surface area contributed by atoms with Gasteiger partial charge in [0, 0.05) is 6.54 Å². The lowest BCUT2D eigenvalue weighted by molar-refractivity contribution is -0.137. The summed E-state index contributed by atoms with van der Waals surface area (Å²) >= 11 is 0. The summed E-state index contributed by atoms with van der Waals surface area (Å²) in [6.07, 6.45) is -1.04. The molecule has 0 spiro atoms. The van der Waals surface area contributed by atoms with Crippen LogP contribution in [0.5, 0.6) is 5.75 Å². The van der Waals surface area contributed by atoms with Crippen LogP contribution in [-0.4, -0.2) is 51.0 Å². The molecule has 0 aliphatic carbocycles. The molecule has 4 aromatic carbocycles. The number of likely N-dealkylation sites (N-methyl/N-ethyl adjacent to an activating group) is 1. The molecule has 0 fully saturated rings. The smallest absolute Gasteiger partial charge is 0.416 e. The normalized spacial score (nSPS) is 12.0. The Morgan fingerprint density at radius 1 is 0.610 bits per heavy atom. The van der Waals surface area contributed by atoms with Gasteiger partial charge in [-0.1, -0.05) is 54.6 Å². The van der Waals surface area contributed by atoms with Gasteiger partial charge in [0.05, 0.1) is 24.9 Å². The molecule has 0 aliphatic rings. The third-order valence-corrected chi connectivity index (χ3v) is 11.7. The second-order valence-corrected chi connectivity index (χ2v) is 13.6. The van der Waals surface area contributed by atoms with Crippen molar-refractivity contribution < 1.29 is 22.6 Å². The summed E-state index contributed by atoms with van der Waals surface area (Å²) < 4.78 is 49.2. The van der Waals surface area contributed by atoms with Crippen LogP contribution in [0.2, 0.25) is 0 Å². The van der Waals surface area contributed by atoms with E-state index < -0.39 is 19.0 Å². The first-order valence-corrected chi connectivity index (χ1v) is 16.0. The van der Waals surface area contributed by atoms with Crippen molar-refractivity contribution in [2.45, 2.75) is 19.0 Å². The van der Waals surface area contributed by atoms with Gasteiger partial charge in [-0.2, -0.15) is 13.2 Å². The summed E-state index contributed by atoms with van der Waals surface area (Å²) in [4.78, 5) is 2.28. The van der Waals surface area contributed by atoms with Crippen molar-refractivity contribution in [2.75, 3.05) is 46.1 Å². The minimum Gasteiger partial charge on any atom is -0.491 e. The second kappa shape index (κ2) is 15.2. The van der Waals surface area contributed by atoms with E-state index in [2.05, 4.69) is 103 Å². The Hall–Kier alpha value is -3.18. The van der Waals surface area contributed by atoms with Gasteiger partial charge in [0.1, 0.15) is 35.5 Å². The number of hydrogen-bond donors (Lipinski definition) is 0. The first kappa shape index (κ1) is 30.8. The van der Waals surface area contributed by atoms with Gasteiger partial charge in [-0.05, 0) is 87.1 Å². The lowest BCUT2D eigenvalue weighted by Crippen LogP contribution is -2.33. The van der Waals surface area contributed by atoms with Gasteiger partial charge in [0.15, 0.2) is 0 Å². The second-order valence-electron chi connectivity index (χ2n) is 10.0. The summed E-state index contributed by atoms with van der Waals surface area (Å²) in [6.45, 7) is 3.02. The van der Waals surface area contributed by atoms with E-state index >= 15 is 0 Å². The van der Waals surface area contributed by atoms with Gasteiger partial charge in [0.25, 0.3) is 0 Å². The largest absolute Gasteiger partial charge is 0.491 e. The van der Waals surface area contributed by atoms with E-state index in [0.717, 1.165) is 44.2 Å². The Morgan fingerprint density at radius 3 is 1.61 bits per heavy atom. The number of unbranched alkanes of at least 4 members (excludes halogenated alkanes) is 1. The number of rotatable bonds is 15. The highest BCUT2D eigenvalue weighted by Gasteiger charge is 2.44. The van der Waals surface area contributed by atoms with Crippen LogP contribution in [0.3, 0.4) is 0 Å². The highest BCUT2D eigenvalue weighted by molar-refractivity contribution is 7.95. The van der Waals surface area contributed by atoms with Gasteiger partial charge in [-0.15, -0.1) is 0 Å². The number of halogens is 3. The molecule has 0 aliphatic heterocycles. The predicted octanol–water partition coefficient (Wildman–Crippen LogP) is 6.81. The molecule has 4 rings (SSSR count). The van der Waals surface area contributed by atoms with Crippen molar-refractivity contribution in [2.24, 2.45) is 0 Å². The zero-order chi connectivity index (χ0) is 29.0. The van der Waals surface area contributed by atoms with Gasteiger partial charge in [-0.25, -0.2) is 0 Å². The van der Waals surface area contributed by atoms with Crippen LogP contribution in [0.4, 0.5) is 13.2 Å². The van der Waals surface area contributed by atoms with E-state index in [0.29, 0.717) is 25.6 Å². The standard InChI is InChI=1S/C34H38F3NO2P/c1-38(24-25-39-26-27-40-30-21-19-29(20-22-30)34(35,36)37)23-11-12-28-41(31-13-5-2-6-14-31,32-15-7-3-8-16-32)33-17-9-4-10-18-33/h2-10,13-22H,11-12,23-28H2,1H3/q+1. The van der Waals surface area contributed by atoms with Crippen LogP contribution in [0.15, 0.2) is 115 Å². The SMILES string of the molecule is CN(CCCC[P+](c1ccccc1)(c1ccccc1)c1ccccc1)CCOCCOc1ccc(C(F)(F)F)cc1. The fraction of sp³-hybridized carbons (Fsp3) is 0.294. The Morgan fingerprint density at radius 2 is 1.12 bits per heavy atom. The molecule has 0 saturated carbocycles. The molecule has 3 nitrogen and oxygen atoms in total. The summed E-state index contributed by atoms with van der Waals surface area (Å²) in [6, 6.07) is 37.6. The lowest BCUT2D eigenvalue weighted by Gasteiger charge is -2.28. The van der Waals surface area contributed by atoms with E-state index in [1.54, 1.807) is 0 Å². The summed E-state index contributed by atoms with van der Waals surface area (Å²) in [7, 11) is 0.311. The highest BCUT2D eigenvalue weighted by Crippen LogP contribution is 2.55. The predicted molar refractivity (Wildman–Crippen MR) is 165 cm³/mol. The van der Waals surface area contributed by atoms with Gasteiger partial charge in [-0.3, -0.25) is 0 Å². The van der Waals surface area contributed by atoms with Crippen molar-refractivity contribution in [3.05, 3.63) is 121 Å². The first-order valence-electron chi connectivity index (χ1n) is 14.0. The maximum Gasteiger partial charge on any atom is 0.416 e. The summed E-state index contributed by atoms with van der Waals surface area (Å²) in [5, 5.41) is 4.24. The molecule has 0 heterocycles. The summed E-state index contributed by atoms with van der Waals surface area (Å²) in [5.74, 6) is 0.402. The van der Waals surface area contributed by atoms with Crippen molar-refractivity contribution in [3.8, 4) is 5.75 Å². The van der Waals surface area contributed by atoms with Crippen LogP contribution in [0.25, 0.3) is 0 Å². The average Bonchev–Trinajstić information content (AvgIpc) is 3.00. The van der Waals surface area contributed by atoms with Crippen LogP contribution < -0.4 is 20.7 Å². The molecule has 0 bridgehead atoms. The van der Waals surface area contributed by atoms with E-state index in [4.69, 9.17) is 9.47 Å². The van der Waals surface area contributed by atoms with E-state index in [9.17, 15) is 13.2 Å². The maximum absolute atomic E-state index is 12.7. The Labute approximate surface area is 242 Å². The number of benzene rings is 4. The van der Waals surface area contributed by atoms with Crippen molar-refractivity contribution in [3.63, 3.8) is 0 Å². The van der Waals surface area contributed by atoms with Crippen molar-refractivity contribution in [1.82, 2.24) is 4.90 Å². The van der Waals surface area contributed by atoms with Crippen LogP contribution >= 0.6 is 7.26 Å². The molecule has 0 atom stereocenters. The van der Waals surface area contributed by atoms with E-state index in [-0.39, 0.29) is 0 Å². The molecule has 0 radical (unpaired) electrons. The molecule has 0 saturated heterocycles. The monoisotopic (exact) mass is 580 g/mol. The molecule has 41 heavy (non-hydrogen) atoms. The number of ether oxygens (including phenoxy) is 2. The van der Waals surface area contributed by atoms with Gasteiger partial charge < -0.3 is 14.4 Å². The Bertz CT molecular complexity index is 1190. The molecule has 7 heteroatoms. The third kappa shape index (κ3) is 8.65. The maximum atomic E-state index is 12.7. The topological polar surface area (TPSA) is 21.7 Å². The van der Waals surface area contributed by atoms with Crippen molar-refractivity contribution in [1.29, 1.82) is 0 Å². The van der Waals surface area contributed by atoms with Crippen LogP contribution in [0, 0.1) is 0 Å². The molecule has 0 amide bonds. The fourth-order valence-corrected chi connectivity index (χ4v) is 9.42. The Balaban J connectivity index is 1.24. The number of nitrogens with zero attached hydrogens (tertiary/aromatic N) is 1. The molecule has 216 valence electrons.